The van der Waals surface area contributed by atoms with Crippen molar-refractivity contribution < 1.29 is 0 Å². The molecule has 0 unspecified atom stereocenters. The maximum atomic E-state index is 5.36. The van der Waals surface area contributed by atoms with Crippen molar-refractivity contribution in [3.8, 4) is 44.5 Å². The fraction of sp³-hybridized carbons (Fsp3) is 0. The summed E-state index contributed by atoms with van der Waals surface area (Å²) in [6.45, 7) is 0. The van der Waals surface area contributed by atoms with Gasteiger partial charge >= 0.3 is 0 Å². The van der Waals surface area contributed by atoms with Gasteiger partial charge in [0.05, 0.1) is 22.8 Å². The van der Waals surface area contributed by atoms with E-state index in [1.807, 2.05) is 0 Å². The number of nitrogens with zero attached hydrogens (tertiary/aromatic N) is 2. The monoisotopic (exact) mass is 626 g/mol. The van der Waals surface area contributed by atoms with Crippen molar-refractivity contribution in [1.82, 2.24) is 19.9 Å². The molecule has 7 aromatic rings. The van der Waals surface area contributed by atoms with Crippen LogP contribution in [0.25, 0.3) is 90.9 Å². The van der Waals surface area contributed by atoms with E-state index in [2.05, 4.69) is 153 Å². The molecule has 0 amide bonds. The number of H-pyrrole nitrogens is 2. The molecule has 8 bridgehead atoms. The van der Waals surface area contributed by atoms with E-state index in [1.54, 1.807) is 22.7 Å². The highest BCUT2D eigenvalue weighted by molar-refractivity contribution is 7.08. The molecule has 0 fully saturated rings. The maximum absolute atomic E-state index is 5.36. The van der Waals surface area contributed by atoms with Crippen molar-refractivity contribution in [1.29, 1.82) is 0 Å². The summed E-state index contributed by atoms with van der Waals surface area (Å²) in [6, 6.07) is 34.5. The van der Waals surface area contributed by atoms with Crippen LogP contribution >= 0.6 is 22.7 Å². The van der Waals surface area contributed by atoms with Gasteiger partial charge in [-0.05, 0) is 134 Å². The molecule has 2 aromatic carbocycles. The number of hydrogen-bond acceptors (Lipinski definition) is 4. The third-order valence-corrected chi connectivity index (χ3v) is 9.80. The highest BCUT2D eigenvalue weighted by Gasteiger charge is 2.16. The van der Waals surface area contributed by atoms with E-state index >= 15 is 0 Å². The Morgan fingerprint density at radius 3 is 1.61 bits per heavy atom. The zero-order valence-electron chi connectivity index (χ0n) is 24.6. The predicted molar refractivity (Wildman–Crippen MR) is 196 cm³/mol. The van der Waals surface area contributed by atoms with Gasteiger partial charge in [-0.2, -0.15) is 22.7 Å². The normalized spacial score (nSPS) is 12.2. The Hall–Kier alpha value is -5.56. The number of rotatable bonds is 4. The van der Waals surface area contributed by atoms with Crippen molar-refractivity contribution in [2.24, 2.45) is 0 Å². The van der Waals surface area contributed by atoms with Crippen LogP contribution in [0.1, 0.15) is 22.8 Å². The Balaban J connectivity index is 1.34. The lowest BCUT2D eigenvalue weighted by molar-refractivity contribution is 1.31. The summed E-state index contributed by atoms with van der Waals surface area (Å²) in [4.78, 5) is 17.6. The number of benzene rings is 2. The molecule has 6 heteroatoms. The molecule has 2 N–H and O–H groups in total. The summed E-state index contributed by atoms with van der Waals surface area (Å²) in [5, 5.41) is 8.62. The van der Waals surface area contributed by atoms with Gasteiger partial charge in [0.25, 0.3) is 0 Å². The fourth-order valence-corrected chi connectivity index (χ4v) is 7.55. The van der Waals surface area contributed by atoms with Gasteiger partial charge in [0.2, 0.25) is 0 Å². The van der Waals surface area contributed by atoms with E-state index in [1.165, 1.54) is 22.3 Å². The molecule has 9 rings (SSSR count). The second-order valence-corrected chi connectivity index (χ2v) is 12.9. The predicted octanol–water partition coefficient (Wildman–Crippen LogP) is 11.4. The summed E-state index contributed by atoms with van der Waals surface area (Å²) < 4.78 is 0. The van der Waals surface area contributed by atoms with Crippen molar-refractivity contribution in [2.45, 2.75) is 0 Å². The highest BCUT2D eigenvalue weighted by Crippen LogP contribution is 2.36. The topological polar surface area (TPSA) is 57.4 Å². The average Bonchev–Trinajstić information content (AvgIpc) is 3.92. The highest BCUT2D eigenvalue weighted by atomic mass is 32.1. The van der Waals surface area contributed by atoms with Crippen LogP contribution in [0.2, 0.25) is 0 Å². The number of hydrogen-bond donors (Lipinski definition) is 2. The minimum absolute atomic E-state index is 0.909. The number of thiophene rings is 2. The molecule has 0 saturated carbocycles. The molecule has 0 aliphatic carbocycles. The third-order valence-electron chi connectivity index (χ3n) is 8.43. The lowest BCUT2D eigenvalue weighted by Gasteiger charge is -2.07. The number of aromatic nitrogens is 4. The first-order chi connectivity index (χ1) is 22.7. The molecule has 4 nitrogen and oxygen atoms in total. The van der Waals surface area contributed by atoms with E-state index < -0.39 is 0 Å². The molecule has 0 spiro atoms. The first-order valence-corrected chi connectivity index (χ1v) is 17.0. The molecular weight excluding hydrogens is 601 g/mol. The maximum Gasteiger partial charge on any atom is 0.0737 e. The number of aromatic amines is 2. The average molecular weight is 627 g/mol. The summed E-state index contributed by atoms with van der Waals surface area (Å²) in [5.41, 5.74) is 16.8. The van der Waals surface area contributed by atoms with E-state index in [4.69, 9.17) is 9.97 Å². The van der Waals surface area contributed by atoms with Gasteiger partial charge in [-0.25, -0.2) is 9.97 Å². The van der Waals surface area contributed by atoms with Crippen LogP contribution in [0.3, 0.4) is 0 Å². The Bertz CT molecular complexity index is 2460. The molecule has 5 aromatic heterocycles. The van der Waals surface area contributed by atoms with Crippen LogP contribution < -0.4 is 0 Å². The van der Waals surface area contributed by atoms with Crippen LogP contribution in [-0.4, -0.2) is 19.9 Å². The molecule has 0 radical (unpaired) electrons. The van der Waals surface area contributed by atoms with Gasteiger partial charge in [-0.15, -0.1) is 0 Å². The quantitative estimate of drug-likeness (QED) is 0.204. The minimum atomic E-state index is 0.909. The summed E-state index contributed by atoms with van der Waals surface area (Å²) >= 11 is 3.43. The number of fused-ring (bicyclic) bond motifs is 8. The second kappa shape index (κ2) is 11.1. The van der Waals surface area contributed by atoms with Gasteiger partial charge in [-0.1, -0.05) is 42.5 Å². The van der Waals surface area contributed by atoms with Crippen LogP contribution in [-0.2, 0) is 0 Å². The van der Waals surface area contributed by atoms with E-state index in [9.17, 15) is 0 Å². The van der Waals surface area contributed by atoms with Gasteiger partial charge < -0.3 is 9.97 Å². The van der Waals surface area contributed by atoms with Gasteiger partial charge in [-0.3, -0.25) is 0 Å². The first-order valence-electron chi connectivity index (χ1n) is 15.1. The second-order valence-electron chi connectivity index (χ2n) is 11.4. The van der Waals surface area contributed by atoms with E-state index in [-0.39, 0.29) is 0 Å². The lowest BCUT2D eigenvalue weighted by Crippen LogP contribution is -1.88. The van der Waals surface area contributed by atoms with Crippen LogP contribution in [0.15, 0.2) is 119 Å². The zero-order chi connectivity index (χ0) is 30.5. The largest absolute Gasteiger partial charge is 0.355 e. The fourth-order valence-electron chi connectivity index (χ4n) is 6.22. The van der Waals surface area contributed by atoms with Crippen LogP contribution in [0.4, 0.5) is 0 Å². The molecule has 46 heavy (non-hydrogen) atoms. The van der Waals surface area contributed by atoms with E-state index in [0.717, 1.165) is 67.1 Å². The molecule has 218 valence electrons. The Labute approximate surface area is 273 Å². The molecule has 2 aliphatic rings. The Kier molecular flexibility index (Phi) is 6.47. The van der Waals surface area contributed by atoms with Gasteiger partial charge in [0.15, 0.2) is 0 Å². The lowest BCUT2D eigenvalue weighted by atomic mass is 9.99. The zero-order valence-corrected chi connectivity index (χ0v) is 26.2. The standard InChI is InChI=1S/C40H26N4S2/c1-2-27(30-17-19-46-24-30)20-28(3-1)40-36-13-11-34(43-36)22-32-9-8-31(41-32)21-33-10-12-35(42-33)39(37-14-15-38(40)44-37)26-6-4-25(5-7-26)29-16-18-45-23-29/h1-24,42-43H. The smallest absolute Gasteiger partial charge is 0.0737 e. The van der Waals surface area contributed by atoms with Gasteiger partial charge in [0.1, 0.15) is 0 Å². The minimum Gasteiger partial charge on any atom is -0.355 e. The van der Waals surface area contributed by atoms with Crippen molar-refractivity contribution in [2.75, 3.05) is 0 Å². The molecule has 2 aliphatic heterocycles. The molecule has 0 saturated heterocycles. The molecule has 7 heterocycles. The summed E-state index contributed by atoms with van der Waals surface area (Å²) in [5.74, 6) is 0. The summed E-state index contributed by atoms with van der Waals surface area (Å²) in [7, 11) is 0. The Morgan fingerprint density at radius 2 is 1.00 bits per heavy atom. The van der Waals surface area contributed by atoms with Crippen LogP contribution in [0, 0.1) is 0 Å². The van der Waals surface area contributed by atoms with Crippen LogP contribution in [0.5, 0.6) is 0 Å². The van der Waals surface area contributed by atoms with Gasteiger partial charge in [0, 0.05) is 33.2 Å². The Morgan fingerprint density at radius 1 is 0.435 bits per heavy atom. The van der Waals surface area contributed by atoms with Crippen molar-refractivity contribution in [3.63, 3.8) is 0 Å². The van der Waals surface area contributed by atoms with Crippen molar-refractivity contribution >= 4 is 69.0 Å². The third kappa shape index (κ3) is 4.94. The molecular formula is C40H26N4S2. The molecule has 0 atom stereocenters. The van der Waals surface area contributed by atoms with E-state index in [0.29, 0.717) is 0 Å². The SMILES string of the molecule is C1=Cc2cc3ccc([nH]3)c(-c3cccc(-c4ccsc4)c3)c3nc(c(-c4ccc(-c5ccsc5)cc4)c4ccc(cc1n2)[nH]4)C=C3. The first kappa shape index (κ1) is 26.8. The number of nitrogens with one attached hydrogen (secondary N) is 2. The van der Waals surface area contributed by atoms with Crippen molar-refractivity contribution in [3.05, 3.63) is 141 Å². The summed E-state index contributed by atoms with van der Waals surface area (Å²) in [6.07, 6.45) is 8.40.